The summed E-state index contributed by atoms with van der Waals surface area (Å²) in [5.74, 6) is 0. The standard InChI is InChI=1S/C19H17N3O4S/c1-12-7-9-13(10-8-12)27(24,25)22-17-14-5-3-4-6-15(14)21(19(23)26-2)16(11-20)18(17)22/h3-10,16-18H,1-2H3/t16-,17+,18-,22?/m0/s1. The quantitative estimate of drug-likeness (QED) is 0.744. The largest absolute Gasteiger partial charge is 0.452 e. The van der Waals surface area contributed by atoms with Gasteiger partial charge in [-0.3, -0.25) is 4.90 Å². The Hall–Kier alpha value is -2.89. The lowest BCUT2D eigenvalue weighted by Crippen LogP contribution is -2.46. The van der Waals surface area contributed by atoms with Gasteiger partial charge in [0.05, 0.1) is 35.8 Å². The second-order valence-corrected chi connectivity index (χ2v) is 8.40. The Morgan fingerprint density at radius 2 is 1.81 bits per heavy atom. The zero-order chi connectivity index (χ0) is 19.3. The van der Waals surface area contributed by atoms with Crippen LogP contribution in [0.5, 0.6) is 0 Å². The monoisotopic (exact) mass is 383 g/mol. The van der Waals surface area contributed by atoms with Crippen LogP contribution in [0.15, 0.2) is 53.4 Å². The first kappa shape index (κ1) is 17.5. The molecule has 0 aromatic heterocycles. The molecule has 0 radical (unpaired) electrons. The minimum Gasteiger partial charge on any atom is -0.452 e. The third kappa shape index (κ3) is 2.51. The number of carbonyl (C=O) groups is 1. The molecule has 2 aromatic rings. The van der Waals surface area contributed by atoms with E-state index in [0.717, 1.165) is 5.56 Å². The van der Waals surface area contributed by atoms with Gasteiger partial charge < -0.3 is 4.74 Å². The lowest BCUT2D eigenvalue weighted by Gasteiger charge is -2.30. The minimum absolute atomic E-state index is 0.168. The Morgan fingerprint density at radius 1 is 1.15 bits per heavy atom. The molecule has 4 atom stereocenters. The van der Waals surface area contributed by atoms with Gasteiger partial charge in [-0.2, -0.15) is 9.57 Å². The molecule has 7 nitrogen and oxygen atoms in total. The van der Waals surface area contributed by atoms with E-state index in [1.165, 1.54) is 16.3 Å². The summed E-state index contributed by atoms with van der Waals surface area (Å²) < 4.78 is 32.5. The molecular formula is C19H17N3O4S. The van der Waals surface area contributed by atoms with Crippen molar-refractivity contribution in [2.75, 3.05) is 12.0 Å². The number of benzene rings is 2. The van der Waals surface area contributed by atoms with Crippen LogP contribution in [0.25, 0.3) is 0 Å². The molecule has 2 aromatic carbocycles. The average molecular weight is 383 g/mol. The van der Waals surface area contributed by atoms with Gasteiger partial charge in [0.1, 0.15) is 6.04 Å². The van der Waals surface area contributed by atoms with Crippen LogP contribution in [-0.2, 0) is 14.8 Å². The Labute approximate surface area is 157 Å². The second-order valence-electron chi connectivity index (χ2n) is 6.56. The van der Waals surface area contributed by atoms with E-state index in [4.69, 9.17) is 4.74 Å². The van der Waals surface area contributed by atoms with Crippen LogP contribution in [-0.4, -0.2) is 38.0 Å². The van der Waals surface area contributed by atoms with E-state index in [1.807, 2.05) is 6.92 Å². The summed E-state index contributed by atoms with van der Waals surface area (Å²) in [5, 5.41) is 9.70. The van der Waals surface area contributed by atoms with Crippen LogP contribution in [0.2, 0.25) is 0 Å². The number of sulfonamides is 1. The summed E-state index contributed by atoms with van der Waals surface area (Å²) in [6, 6.07) is 13.6. The van der Waals surface area contributed by atoms with Crippen LogP contribution in [0, 0.1) is 18.3 Å². The third-order valence-corrected chi connectivity index (χ3v) is 6.91. The van der Waals surface area contributed by atoms with Crippen molar-refractivity contribution in [3.8, 4) is 6.07 Å². The van der Waals surface area contributed by atoms with Crippen molar-refractivity contribution in [1.29, 1.82) is 5.26 Å². The number of para-hydroxylation sites is 1. The number of nitriles is 1. The Morgan fingerprint density at radius 3 is 2.44 bits per heavy atom. The number of fused-ring (bicyclic) bond motifs is 3. The van der Waals surface area contributed by atoms with Crippen molar-refractivity contribution >= 4 is 21.8 Å². The minimum atomic E-state index is -3.80. The van der Waals surface area contributed by atoms with Crippen molar-refractivity contribution in [3.05, 3.63) is 59.7 Å². The molecule has 8 heteroatoms. The molecule has 0 aliphatic carbocycles. The van der Waals surface area contributed by atoms with E-state index in [2.05, 4.69) is 6.07 Å². The van der Waals surface area contributed by atoms with E-state index in [9.17, 15) is 18.5 Å². The van der Waals surface area contributed by atoms with E-state index in [0.29, 0.717) is 11.3 Å². The molecule has 1 amide bonds. The molecule has 27 heavy (non-hydrogen) atoms. The number of rotatable bonds is 2. The van der Waals surface area contributed by atoms with E-state index in [-0.39, 0.29) is 4.90 Å². The first-order valence-corrected chi connectivity index (χ1v) is 9.81. The van der Waals surface area contributed by atoms with E-state index in [1.54, 1.807) is 48.5 Å². The fraction of sp³-hybridized carbons (Fsp3) is 0.263. The second kappa shape index (κ2) is 6.08. The van der Waals surface area contributed by atoms with Gasteiger partial charge in [0, 0.05) is 0 Å². The molecular weight excluding hydrogens is 366 g/mol. The van der Waals surface area contributed by atoms with Crippen LogP contribution in [0.4, 0.5) is 10.5 Å². The van der Waals surface area contributed by atoms with E-state index >= 15 is 0 Å². The topological polar surface area (TPSA) is 90.5 Å². The van der Waals surface area contributed by atoms with Crippen molar-refractivity contribution in [1.82, 2.24) is 4.31 Å². The number of anilines is 1. The van der Waals surface area contributed by atoms with Crippen molar-refractivity contribution in [3.63, 3.8) is 0 Å². The van der Waals surface area contributed by atoms with Gasteiger partial charge in [-0.25, -0.2) is 13.2 Å². The highest BCUT2D eigenvalue weighted by Gasteiger charge is 2.65. The van der Waals surface area contributed by atoms with Crippen molar-refractivity contribution in [2.45, 2.75) is 29.9 Å². The SMILES string of the molecule is COC(=O)N1c2ccccc2[C@@H]2[C@H]([C@@H]1C#N)N2S(=O)(=O)c1ccc(C)cc1. The molecule has 0 saturated carbocycles. The number of carbonyl (C=O) groups excluding carboxylic acids is 1. The van der Waals surface area contributed by atoms with Crippen molar-refractivity contribution in [2.24, 2.45) is 0 Å². The number of aryl methyl sites for hydroxylation is 1. The van der Waals surface area contributed by atoms with Gasteiger partial charge in [-0.15, -0.1) is 0 Å². The number of amides is 1. The Bertz CT molecular complexity index is 1060. The lowest BCUT2D eigenvalue weighted by atomic mass is 9.97. The summed E-state index contributed by atoms with van der Waals surface area (Å²) in [6.07, 6.45) is -0.688. The molecule has 138 valence electrons. The van der Waals surface area contributed by atoms with Crippen LogP contribution < -0.4 is 4.90 Å². The van der Waals surface area contributed by atoms with Gasteiger partial charge in [0.15, 0.2) is 0 Å². The van der Waals surface area contributed by atoms with Crippen LogP contribution >= 0.6 is 0 Å². The van der Waals surface area contributed by atoms with Gasteiger partial charge >= 0.3 is 6.09 Å². The molecule has 2 aliphatic heterocycles. The van der Waals surface area contributed by atoms with Crippen molar-refractivity contribution < 1.29 is 17.9 Å². The molecule has 0 bridgehead atoms. The summed E-state index contributed by atoms with van der Waals surface area (Å²) >= 11 is 0. The molecule has 4 rings (SSSR count). The summed E-state index contributed by atoms with van der Waals surface area (Å²) in [5.41, 5.74) is 2.14. The van der Waals surface area contributed by atoms with Gasteiger partial charge in [-0.1, -0.05) is 35.9 Å². The maximum absolute atomic E-state index is 13.2. The number of hydrogen-bond acceptors (Lipinski definition) is 5. The van der Waals surface area contributed by atoms with Gasteiger partial charge in [0.2, 0.25) is 10.0 Å². The zero-order valence-electron chi connectivity index (χ0n) is 14.7. The maximum atomic E-state index is 13.2. The molecule has 0 N–H and O–H groups in total. The summed E-state index contributed by atoms with van der Waals surface area (Å²) in [6.45, 7) is 1.88. The highest BCUT2D eigenvalue weighted by molar-refractivity contribution is 7.89. The van der Waals surface area contributed by atoms with Crippen LogP contribution in [0.1, 0.15) is 17.2 Å². The predicted octanol–water partition coefficient (Wildman–Crippen LogP) is 2.59. The molecule has 2 heterocycles. The summed E-state index contributed by atoms with van der Waals surface area (Å²) in [7, 11) is -2.57. The lowest BCUT2D eigenvalue weighted by molar-refractivity contribution is 0.176. The Kier molecular flexibility index (Phi) is 3.94. The first-order chi connectivity index (χ1) is 12.9. The number of nitrogens with zero attached hydrogens (tertiary/aromatic N) is 3. The smallest absolute Gasteiger partial charge is 0.415 e. The highest BCUT2D eigenvalue weighted by atomic mass is 32.2. The van der Waals surface area contributed by atoms with E-state index < -0.39 is 34.2 Å². The Balaban J connectivity index is 1.82. The molecule has 2 aliphatic rings. The van der Waals surface area contributed by atoms with Crippen LogP contribution in [0.3, 0.4) is 0 Å². The molecule has 1 fully saturated rings. The third-order valence-electron chi connectivity index (χ3n) is 5.02. The first-order valence-electron chi connectivity index (χ1n) is 8.37. The molecule has 0 spiro atoms. The fourth-order valence-corrected chi connectivity index (χ4v) is 5.46. The normalized spacial score (nSPS) is 25.7. The maximum Gasteiger partial charge on any atom is 0.415 e. The zero-order valence-corrected chi connectivity index (χ0v) is 15.6. The van der Waals surface area contributed by atoms with Gasteiger partial charge in [0.25, 0.3) is 0 Å². The predicted molar refractivity (Wildman–Crippen MR) is 97.5 cm³/mol. The summed E-state index contributed by atoms with van der Waals surface area (Å²) in [4.78, 5) is 13.7. The molecule has 1 saturated heterocycles. The number of ether oxygens (including phenoxy) is 1. The fourth-order valence-electron chi connectivity index (χ4n) is 3.71. The highest BCUT2D eigenvalue weighted by Crippen LogP contribution is 2.56. The van der Waals surface area contributed by atoms with Gasteiger partial charge in [-0.05, 0) is 30.7 Å². The number of hydrogen-bond donors (Lipinski definition) is 0. The average Bonchev–Trinajstić information content (AvgIpc) is 3.43. The molecule has 1 unspecified atom stereocenters. The number of methoxy groups -OCH3 is 1.